The minimum absolute atomic E-state index is 0.0238. The van der Waals surface area contributed by atoms with Crippen LogP contribution in [0.15, 0.2) is 32.4 Å². The molecule has 10 nitrogen and oxygen atoms in total. The molecule has 0 saturated carbocycles. The molecule has 2 N–H and O–H groups in total. The highest BCUT2D eigenvalue weighted by Crippen LogP contribution is 2.19. The minimum Gasteiger partial charge on any atom is -0.459 e. The van der Waals surface area contributed by atoms with Crippen LogP contribution in [0.1, 0.15) is 23.4 Å². The number of aryl methyl sites for hydroxylation is 2. The summed E-state index contributed by atoms with van der Waals surface area (Å²) >= 11 is 0. The van der Waals surface area contributed by atoms with Crippen LogP contribution in [0.5, 0.6) is 0 Å². The second-order valence-electron chi connectivity index (χ2n) is 6.70. The lowest BCUT2D eigenvalue weighted by atomic mass is 10.1. The fourth-order valence-electron chi connectivity index (χ4n) is 3.46. The fourth-order valence-corrected chi connectivity index (χ4v) is 3.46. The molecule has 142 valence electrons. The molecule has 0 spiro atoms. The zero-order valence-electron chi connectivity index (χ0n) is 15.1. The number of nitrogens with one attached hydrogen (secondary N) is 2. The number of carbonyl (C=O) groups is 1. The molecule has 1 unspecified atom stereocenters. The number of rotatable bonds is 3. The largest absolute Gasteiger partial charge is 0.459 e. The summed E-state index contributed by atoms with van der Waals surface area (Å²) in [6.45, 7) is 1.16. The van der Waals surface area contributed by atoms with Crippen molar-refractivity contribution in [1.82, 2.24) is 24.0 Å². The molecule has 1 atom stereocenters. The van der Waals surface area contributed by atoms with Gasteiger partial charge < -0.3 is 19.2 Å². The average Bonchev–Trinajstić information content (AvgIpc) is 3.29. The molecule has 3 aromatic heterocycles. The molecule has 0 bridgehead atoms. The number of fused-ring (bicyclic) bond motifs is 1. The first-order chi connectivity index (χ1) is 13.0. The van der Waals surface area contributed by atoms with Gasteiger partial charge in [0.2, 0.25) is 5.95 Å². The Labute approximate surface area is 153 Å². The molecule has 10 heteroatoms. The van der Waals surface area contributed by atoms with E-state index in [0.29, 0.717) is 36.0 Å². The first kappa shape index (κ1) is 17.1. The van der Waals surface area contributed by atoms with Gasteiger partial charge in [-0.25, -0.2) is 4.79 Å². The Morgan fingerprint density at radius 2 is 2.15 bits per heavy atom. The van der Waals surface area contributed by atoms with Gasteiger partial charge >= 0.3 is 5.69 Å². The van der Waals surface area contributed by atoms with Gasteiger partial charge in [-0.2, -0.15) is 4.98 Å². The third-order valence-corrected chi connectivity index (χ3v) is 4.91. The van der Waals surface area contributed by atoms with Gasteiger partial charge in [-0.1, -0.05) is 0 Å². The van der Waals surface area contributed by atoms with Crippen LogP contribution in [0.2, 0.25) is 0 Å². The van der Waals surface area contributed by atoms with E-state index in [9.17, 15) is 14.4 Å². The summed E-state index contributed by atoms with van der Waals surface area (Å²) in [5.41, 5.74) is -0.355. The van der Waals surface area contributed by atoms with E-state index in [-0.39, 0.29) is 11.9 Å². The SMILES string of the molecule is Cn1c(NC2CCCN(C(=O)c3ccco3)C2)nc2c1c(=O)[nH]c(=O)n2C. The first-order valence-corrected chi connectivity index (χ1v) is 8.70. The Balaban J connectivity index is 1.59. The van der Waals surface area contributed by atoms with Crippen molar-refractivity contribution in [1.29, 1.82) is 0 Å². The second kappa shape index (κ2) is 6.45. The molecule has 27 heavy (non-hydrogen) atoms. The van der Waals surface area contributed by atoms with E-state index in [1.807, 2.05) is 0 Å². The Kier molecular flexibility index (Phi) is 4.09. The predicted molar refractivity (Wildman–Crippen MR) is 97.8 cm³/mol. The Morgan fingerprint density at radius 1 is 1.33 bits per heavy atom. The van der Waals surface area contributed by atoms with Crippen molar-refractivity contribution in [3.63, 3.8) is 0 Å². The molecular weight excluding hydrogens is 352 g/mol. The summed E-state index contributed by atoms with van der Waals surface area (Å²) in [5.74, 6) is 0.657. The van der Waals surface area contributed by atoms with Crippen molar-refractivity contribution >= 4 is 23.0 Å². The molecule has 1 saturated heterocycles. The number of aromatic nitrogens is 4. The lowest BCUT2D eigenvalue weighted by molar-refractivity contribution is 0.0682. The zero-order valence-corrected chi connectivity index (χ0v) is 15.1. The number of carbonyl (C=O) groups excluding carboxylic acids is 1. The molecule has 0 aliphatic carbocycles. The molecule has 4 rings (SSSR count). The van der Waals surface area contributed by atoms with E-state index in [4.69, 9.17) is 4.42 Å². The second-order valence-corrected chi connectivity index (χ2v) is 6.70. The molecule has 3 aromatic rings. The van der Waals surface area contributed by atoms with Crippen LogP contribution < -0.4 is 16.6 Å². The van der Waals surface area contributed by atoms with Crippen molar-refractivity contribution in [3.05, 3.63) is 45.0 Å². The van der Waals surface area contributed by atoms with Gasteiger partial charge in [0.25, 0.3) is 11.5 Å². The highest BCUT2D eigenvalue weighted by atomic mass is 16.3. The van der Waals surface area contributed by atoms with E-state index >= 15 is 0 Å². The number of anilines is 1. The molecule has 1 aliphatic heterocycles. The van der Waals surface area contributed by atoms with Crippen molar-refractivity contribution in [2.45, 2.75) is 18.9 Å². The molecule has 1 aliphatic rings. The topological polar surface area (TPSA) is 118 Å². The maximum atomic E-state index is 12.5. The van der Waals surface area contributed by atoms with Crippen molar-refractivity contribution in [2.24, 2.45) is 14.1 Å². The van der Waals surface area contributed by atoms with Crippen molar-refractivity contribution in [2.75, 3.05) is 18.4 Å². The molecule has 1 amide bonds. The quantitative estimate of drug-likeness (QED) is 0.681. The third kappa shape index (κ3) is 2.92. The van der Waals surface area contributed by atoms with Gasteiger partial charge in [-0.3, -0.25) is 19.1 Å². The molecule has 1 fully saturated rings. The number of aromatic amines is 1. The zero-order chi connectivity index (χ0) is 19.1. The number of imidazole rings is 1. The van der Waals surface area contributed by atoms with E-state index in [2.05, 4.69) is 15.3 Å². The highest BCUT2D eigenvalue weighted by Gasteiger charge is 2.27. The number of H-pyrrole nitrogens is 1. The van der Waals surface area contributed by atoms with Crippen LogP contribution in [0.25, 0.3) is 11.2 Å². The smallest absolute Gasteiger partial charge is 0.329 e. The van der Waals surface area contributed by atoms with Gasteiger partial charge in [0.1, 0.15) is 0 Å². The number of furan rings is 1. The van der Waals surface area contributed by atoms with Gasteiger partial charge in [-0.15, -0.1) is 0 Å². The highest BCUT2D eigenvalue weighted by molar-refractivity contribution is 5.91. The van der Waals surface area contributed by atoms with Crippen LogP contribution >= 0.6 is 0 Å². The Bertz CT molecular complexity index is 1110. The summed E-state index contributed by atoms with van der Waals surface area (Å²) in [7, 11) is 3.27. The number of hydrogen-bond acceptors (Lipinski definition) is 6. The van der Waals surface area contributed by atoms with Gasteiger partial charge in [-0.05, 0) is 25.0 Å². The van der Waals surface area contributed by atoms with Crippen molar-refractivity contribution < 1.29 is 9.21 Å². The number of likely N-dealkylation sites (tertiary alicyclic amines) is 1. The first-order valence-electron chi connectivity index (χ1n) is 8.70. The maximum absolute atomic E-state index is 12.5. The van der Waals surface area contributed by atoms with Crippen LogP contribution in [0.4, 0.5) is 5.95 Å². The van der Waals surface area contributed by atoms with Crippen LogP contribution in [-0.2, 0) is 14.1 Å². The minimum atomic E-state index is -0.509. The summed E-state index contributed by atoms with van der Waals surface area (Å²) < 4.78 is 8.13. The van der Waals surface area contributed by atoms with E-state index < -0.39 is 11.2 Å². The van der Waals surface area contributed by atoms with Crippen LogP contribution in [0, 0.1) is 0 Å². The van der Waals surface area contributed by atoms with Crippen molar-refractivity contribution in [3.8, 4) is 0 Å². The predicted octanol–water partition coefficient (Wildman–Crippen LogP) is 0.270. The lowest BCUT2D eigenvalue weighted by Crippen LogP contribution is -2.45. The lowest BCUT2D eigenvalue weighted by Gasteiger charge is -2.32. The van der Waals surface area contributed by atoms with Gasteiger partial charge in [0.15, 0.2) is 16.9 Å². The summed E-state index contributed by atoms with van der Waals surface area (Å²) in [6.07, 6.45) is 3.18. The van der Waals surface area contributed by atoms with Crippen LogP contribution in [-0.4, -0.2) is 49.0 Å². The molecule has 4 heterocycles. The molecule has 0 radical (unpaired) electrons. The number of amides is 1. The van der Waals surface area contributed by atoms with E-state index in [1.54, 1.807) is 35.7 Å². The summed E-state index contributed by atoms with van der Waals surface area (Å²) in [6, 6.07) is 3.32. The summed E-state index contributed by atoms with van der Waals surface area (Å²) in [4.78, 5) is 44.8. The third-order valence-electron chi connectivity index (χ3n) is 4.91. The van der Waals surface area contributed by atoms with E-state index in [0.717, 1.165) is 12.8 Å². The number of nitrogens with zero attached hydrogens (tertiary/aromatic N) is 4. The molecular formula is C17H20N6O4. The monoisotopic (exact) mass is 372 g/mol. The van der Waals surface area contributed by atoms with E-state index in [1.165, 1.54) is 10.8 Å². The fraction of sp³-hybridized carbons (Fsp3) is 0.412. The van der Waals surface area contributed by atoms with Crippen LogP contribution in [0.3, 0.4) is 0 Å². The summed E-state index contributed by atoms with van der Waals surface area (Å²) in [5, 5.41) is 3.30. The Hall–Kier alpha value is -3.30. The number of piperidine rings is 1. The normalized spacial score (nSPS) is 17.4. The average molecular weight is 372 g/mol. The van der Waals surface area contributed by atoms with Gasteiger partial charge in [0.05, 0.1) is 6.26 Å². The Morgan fingerprint density at radius 3 is 2.89 bits per heavy atom. The standard InChI is InChI=1S/C17H20N6O4/c1-21-12-13(22(2)17(26)20-14(12)24)19-16(21)18-10-5-3-7-23(9-10)15(25)11-6-4-8-27-11/h4,6,8,10H,3,5,7,9H2,1-2H3,(H,18,19)(H,20,24,26). The maximum Gasteiger partial charge on any atom is 0.329 e. The molecule has 0 aromatic carbocycles. The van der Waals surface area contributed by atoms with Gasteiger partial charge in [0, 0.05) is 33.2 Å². The number of hydrogen-bond donors (Lipinski definition) is 2.